The van der Waals surface area contributed by atoms with Gasteiger partial charge in [-0.05, 0) is 43.9 Å². The predicted molar refractivity (Wildman–Crippen MR) is 79.0 cm³/mol. The van der Waals surface area contributed by atoms with E-state index in [9.17, 15) is 9.59 Å². The van der Waals surface area contributed by atoms with Crippen LogP contribution in [0.3, 0.4) is 0 Å². The second kappa shape index (κ2) is 8.35. The van der Waals surface area contributed by atoms with Gasteiger partial charge in [0.2, 0.25) is 0 Å². The van der Waals surface area contributed by atoms with Gasteiger partial charge in [0.05, 0.1) is 0 Å². The second-order valence-electron chi connectivity index (χ2n) is 5.06. The highest BCUT2D eigenvalue weighted by molar-refractivity contribution is 5.95. The van der Waals surface area contributed by atoms with Crippen LogP contribution in [0.15, 0.2) is 18.2 Å². The van der Waals surface area contributed by atoms with Crippen LogP contribution in [0, 0.1) is 13.8 Å². The van der Waals surface area contributed by atoms with Gasteiger partial charge in [0.25, 0.3) is 5.91 Å². The van der Waals surface area contributed by atoms with Crippen molar-refractivity contribution in [1.82, 2.24) is 5.32 Å². The summed E-state index contributed by atoms with van der Waals surface area (Å²) in [4.78, 5) is 22.3. The number of amides is 1. The van der Waals surface area contributed by atoms with Gasteiger partial charge in [-0.15, -0.1) is 0 Å². The molecule has 110 valence electrons. The fourth-order valence-electron chi connectivity index (χ4n) is 2.05. The van der Waals surface area contributed by atoms with Crippen molar-refractivity contribution in [3.05, 3.63) is 34.9 Å². The van der Waals surface area contributed by atoms with Crippen molar-refractivity contribution >= 4 is 11.9 Å². The number of unbranched alkanes of at least 4 members (excludes halogenated alkanes) is 3. The molecular formula is C16H23NO3. The second-order valence-corrected chi connectivity index (χ2v) is 5.06. The third-order valence-corrected chi connectivity index (χ3v) is 3.45. The number of aliphatic carboxylic acids is 1. The fourth-order valence-corrected chi connectivity index (χ4v) is 2.05. The lowest BCUT2D eigenvalue weighted by Crippen LogP contribution is -2.25. The minimum atomic E-state index is -0.742. The van der Waals surface area contributed by atoms with Crippen molar-refractivity contribution in [1.29, 1.82) is 0 Å². The zero-order valence-electron chi connectivity index (χ0n) is 12.2. The average molecular weight is 277 g/mol. The van der Waals surface area contributed by atoms with Gasteiger partial charge in [-0.1, -0.05) is 25.0 Å². The number of rotatable bonds is 8. The molecule has 4 heteroatoms. The lowest BCUT2D eigenvalue weighted by molar-refractivity contribution is -0.137. The van der Waals surface area contributed by atoms with Crippen LogP contribution in [0.4, 0.5) is 0 Å². The monoisotopic (exact) mass is 277 g/mol. The third-order valence-electron chi connectivity index (χ3n) is 3.45. The predicted octanol–water partition coefficient (Wildman–Crippen LogP) is 3.07. The van der Waals surface area contributed by atoms with E-state index in [-0.39, 0.29) is 12.3 Å². The van der Waals surface area contributed by atoms with E-state index in [1.165, 1.54) is 0 Å². The molecule has 4 nitrogen and oxygen atoms in total. The summed E-state index contributed by atoms with van der Waals surface area (Å²) in [6.45, 7) is 4.59. The smallest absolute Gasteiger partial charge is 0.303 e. The van der Waals surface area contributed by atoms with Crippen LogP contribution in [-0.4, -0.2) is 23.5 Å². The summed E-state index contributed by atoms with van der Waals surface area (Å²) in [5.41, 5.74) is 2.87. The molecule has 1 rings (SSSR count). The van der Waals surface area contributed by atoms with E-state index < -0.39 is 5.97 Å². The molecular weight excluding hydrogens is 254 g/mol. The number of carboxylic acid groups (broad SMARTS) is 1. The maximum absolute atomic E-state index is 12.0. The van der Waals surface area contributed by atoms with Gasteiger partial charge in [-0.2, -0.15) is 0 Å². The Labute approximate surface area is 120 Å². The maximum Gasteiger partial charge on any atom is 0.303 e. The number of hydrogen-bond acceptors (Lipinski definition) is 2. The first kappa shape index (κ1) is 16.2. The molecule has 0 atom stereocenters. The maximum atomic E-state index is 12.0. The lowest BCUT2D eigenvalue weighted by Gasteiger charge is -2.09. The van der Waals surface area contributed by atoms with Crippen molar-refractivity contribution in [3.8, 4) is 0 Å². The number of aryl methyl sites for hydroxylation is 1. The summed E-state index contributed by atoms with van der Waals surface area (Å²) in [6, 6.07) is 5.72. The van der Waals surface area contributed by atoms with Crippen molar-refractivity contribution in [2.75, 3.05) is 6.54 Å². The minimum absolute atomic E-state index is 0.0308. The van der Waals surface area contributed by atoms with Crippen LogP contribution in [0.2, 0.25) is 0 Å². The number of hydrogen-bond donors (Lipinski definition) is 2. The fraction of sp³-hybridized carbons (Fsp3) is 0.500. The molecule has 0 saturated heterocycles. The minimum Gasteiger partial charge on any atom is -0.481 e. The number of carbonyl (C=O) groups excluding carboxylic acids is 1. The van der Waals surface area contributed by atoms with E-state index in [2.05, 4.69) is 5.32 Å². The third kappa shape index (κ3) is 5.43. The normalized spacial score (nSPS) is 10.3. The molecule has 0 heterocycles. The average Bonchev–Trinajstić information content (AvgIpc) is 2.40. The van der Waals surface area contributed by atoms with E-state index in [1.807, 2.05) is 32.0 Å². The zero-order valence-corrected chi connectivity index (χ0v) is 12.2. The molecule has 0 fully saturated rings. The number of carbonyl (C=O) groups is 2. The molecule has 0 unspecified atom stereocenters. The first-order valence-electron chi connectivity index (χ1n) is 7.08. The Morgan fingerprint density at radius 1 is 1.10 bits per heavy atom. The van der Waals surface area contributed by atoms with E-state index in [0.29, 0.717) is 13.0 Å². The Morgan fingerprint density at radius 3 is 2.50 bits per heavy atom. The number of nitrogens with one attached hydrogen (secondary N) is 1. The number of carboxylic acids is 1. The first-order chi connectivity index (χ1) is 9.52. The van der Waals surface area contributed by atoms with Crippen LogP contribution < -0.4 is 5.32 Å². The van der Waals surface area contributed by atoms with Crippen molar-refractivity contribution in [2.24, 2.45) is 0 Å². The molecule has 1 aromatic carbocycles. The summed E-state index contributed by atoms with van der Waals surface area (Å²) in [5.74, 6) is -0.773. The van der Waals surface area contributed by atoms with E-state index >= 15 is 0 Å². The van der Waals surface area contributed by atoms with Crippen molar-refractivity contribution in [2.45, 2.75) is 46.0 Å². The van der Waals surface area contributed by atoms with Gasteiger partial charge in [-0.25, -0.2) is 0 Å². The molecule has 0 bridgehead atoms. The van der Waals surface area contributed by atoms with Crippen LogP contribution in [0.25, 0.3) is 0 Å². The summed E-state index contributed by atoms with van der Waals surface area (Å²) >= 11 is 0. The summed E-state index contributed by atoms with van der Waals surface area (Å²) < 4.78 is 0. The zero-order chi connectivity index (χ0) is 15.0. The first-order valence-corrected chi connectivity index (χ1v) is 7.08. The molecule has 1 aromatic rings. The SMILES string of the molecule is Cc1cccc(C(=O)NCCCCCCC(=O)O)c1C. The number of benzene rings is 1. The van der Waals surface area contributed by atoms with Gasteiger partial charge in [0, 0.05) is 18.5 Å². The van der Waals surface area contributed by atoms with Gasteiger partial charge in [0.1, 0.15) is 0 Å². The van der Waals surface area contributed by atoms with Crippen molar-refractivity contribution < 1.29 is 14.7 Å². The highest BCUT2D eigenvalue weighted by atomic mass is 16.4. The van der Waals surface area contributed by atoms with Gasteiger partial charge >= 0.3 is 5.97 Å². The summed E-state index contributed by atoms with van der Waals surface area (Å²) in [6.07, 6.45) is 3.66. The largest absolute Gasteiger partial charge is 0.481 e. The van der Waals surface area contributed by atoms with E-state index in [4.69, 9.17) is 5.11 Å². The molecule has 0 aliphatic carbocycles. The van der Waals surface area contributed by atoms with Crippen LogP contribution in [0.5, 0.6) is 0 Å². The molecule has 20 heavy (non-hydrogen) atoms. The van der Waals surface area contributed by atoms with E-state index in [0.717, 1.165) is 36.0 Å². The summed E-state index contributed by atoms with van der Waals surface area (Å²) in [7, 11) is 0. The quantitative estimate of drug-likeness (QED) is 0.718. The van der Waals surface area contributed by atoms with Crippen LogP contribution >= 0.6 is 0 Å². The van der Waals surface area contributed by atoms with Crippen LogP contribution in [0.1, 0.15) is 53.6 Å². The molecule has 0 aliphatic heterocycles. The Kier molecular flexibility index (Phi) is 6.77. The van der Waals surface area contributed by atoms with Gasteiger partial charge < -0.3 is 10.4 Å². The molecule has 0 aromatic heterocycles. The highest BCUT2D eigenvalue weighted by Gasteiger charge is 2.08. The van der Waals surface area contributed by atoms with Crippen LogP contribution in [-0.2, 0) is 4.79 Å². The Balaban J connectivity index is 2.24. The molecule has 0 radical (unpaired) electrons. The van der Waals surface area contributed by atoms with Gasteiger partial charge in [-0.3, -0.25) is 9.59 Å². The lowest BCUT2D eigenvalue weighted by atomic mass is 10.0. The van der Waals surface area contributed by atoms with Crippen molar-refractivity contribution in [3.63, 3.8) is 0 Å². The highest BCUT2D eigenvalue weighted by Crippen LogP contribution is 2.12. The Hall–Kier alpha value is -1.84. The molecule has 2 N–H and O–H groups in total. The molecule has 0 aliphatic rings. The molecule has 0 spiro atoms. The molecule has 0 saturated carbocycles. The van der Waals surface area contributed by atoms with Gasteiger partial charge in [0.15, 0.2) is 0 Å². The standard InChI is InChI=1S/C16H23NO3/c1-12-8-7-9-14(13(12)2)16(20)17-11-6-4-3-5-10-15(18)19/h7-9H,3-6,10-11H2,1-2H3,(H,17,20)(H,18,19). The topological polar surface area (TPSA) is 66.4 Å². The molecule has 1 amide bonds. The summed E-state index contributed by atoms with van der Waals surface area (Å²) in [5, 5.41) is 11.4. The Morgan fingerprint density at radius 2 is 1.80 bits per heavy atom. The Bertz CT molecular complexity index is 469. The van der Waals surface area contributed by atoms with E-state index in [1.54, 1.807) is 0 Å².